The number of hydrogen-bond donors (Lipinski definition) is 1. The molecule has 6 heteroatoms. The lowest BCUT2D eigenvalue weighted by Crippen LogP contribution is -2.34. The van der Waals surface area contributed by atoms with Crippen molar-refractivity contribution in [1.29, 1.82) is 0 Å². The zero-order chi connectivity index (χ0) is 16.5. The van der Waals surface area contributed by atoms with E-state index < -0.39 is 0 Å². The van der Waals surface area contributed by atoms with Crippen molar-refractivity contribution >= 4 is 23.5 Å². The van der Waals surface area contributed by atoms with E-state index in [-0.39, 0.29) is 12.1 Å². The van der Waals surface area contributed by atoms with E-state index in [9.17, 15) is 9.59 Å². The molecule has 1 aliphatic carbocycles. The van der Waals surface area contributed by atoms with Gasteiger partial charge in [-0.2, -0.15) is 0 Å². The molecule has 1 aromatic rings. The second-order valence-electron chi connectivity index (χ2n) is 6.58. The Hall–Kier alpha value is -2.50. The SMILES string of the molecule is O=C(Nc1ccccc1N1CCOC1=O)N1C[C@H]2CC=CC[C@H]2C1. The zero-order valence-electron chi connectivity index (χ0n) is 13.5. The van der Waals surface area contributed by atoms with Crippen LogP contribution in [-0.4, -0.2) is 43.3 Å². The van der Waals surface area contributed by atoms with Crippen molar-refractivity contribution < 1.29 is 14.3 Å². The second kappa shape index (κ2) is 6.19. The number of likely N-dealkylation sites (tertiary alicyclic amines) is 1. The summed E-state index contributed by atoms with van der Waals surface area (Å²) in [6, 6.07) is 7.27. The first kappa shape index (κ1) is 15.1. The topological polar surface area (TPSA) is 61.9 Å². The molecule has 1 N–H and O–H groups in total. The first-order valence-electron chi connectivity index (χ1n) is 8.46. The maximum absolute atomic E-state index is 12.7. The van der Waals surface area contributed by atoms with Gasteiger partial charge < -0.3 is 15.0 Å². The highest BCUT2D eigenvalue weighted by atomic mass is 16.6. The molecule has 3 amide bonds. The summed E-state index contributed by atoms with van der Waals surface area (Å²) in [6.07, 6.45) is 6.19. The fraction of sp³-hybridized carbons (Fsp3) is 0.444. The molecule has 2 saturated heterocycles. The number of para-hydroxylation sites is 2. The van der Waals surface area contributed by atoms with Crippen molar-refractivity contribution in [3.8, 4) is 0 Å². The van der Waals surface area contributed by atoms with Crippen molar-refractivity contribution in [3.05, 3.63) is 36.4 Å². The number of fused-ring (bicyclic) bond motifs is 1. The van der Waals surface area contributed by atoms with Crippen LogP contribution in [0.25, 0.3) is 0 Å². The van der Waals surface area contributed by atoms with Crippen LogP contribution >= 0.6 is 0 Å². The maximum atomic E-state index is 12.7. The number of rotatable bonds is 2. The third kappa shape index (κ3) is 2.72. The van der Waals surface area contributed by atoms with Crippen LogP contribution in [0.4, 0.5) is 21.0 Å². The number of hydrogen-bond acceptors (Lipinski definition) is 3. The number of carbonyl (C=O) groups excluding carboxylic acids is 2. The molecule has 0 spiro atoms. The molecule has 4 rings (SSSR count). The molecule has 2 heterocycles. The van der Waals surface area contributed by atoms with Crippen LogP contribution in [0.2, 0.25) is 0 Å². The van der Waals surface area contributed by atoms with Crippen molar-refractivity contribution in [2.45, 2.75) is 12.8 Å². The fourth-order valence-electron chi connectivity index (χ4n) is 3.80. The molecule has 126 valence electrons. The largest absolute Gasteiger partial charge is 0.447 e. The summed E-state index contributed by atoms with van der Waals surface area (Å²) < 4.78 is 5.00. The first-order valence-corrected chi connectivity index (χ1v) is 8.46. The van der Waals surface area contributed by atoms with Gasteiger partial charge in [-0.25, -0.2) is 9.59 Å². The summed E-state index contributed by atoms with van der Waals surface area (Å²) in [6.45, 7) is 2.48. The summed E-state index contributed by atoms with van der Waals surface area (Å²) in [5.41, 5.74) is 1.33. The van der Waals surface area contributed by atoms with E-state index in [1.165, 1.54) is 0 Å². The standard InChI is InChI=1S/C18H21N3O3/c22-17(20-11-13-5-1-2-6-14(13)12-20)19-15-7-3-4-8-16(15)21-9-10-24-18(21)23/h1-4,7-8,13-14H,5-6,9-12H2,(H,19,22)/t13-,14+. The predicted molar refractivity (Wildman–Crippen MR) is 91.1 cm³/mol. The van der Waals surface area contributed by atoms with Gasteiger partial charge in [0.2, 0.25) is 0 Å². The van der Waals surface area contributed by atoms with E-state index in [1.54, 1.807) is 4.90 Å². The van der Waals surface area contributed by atoms with Gasteiger partial charge in [-0.3, -0.25) is 4.90 Å². The van der Waals surface area contributed by atoms with Crippen molar-refractivity contribution in [2.24, 2.45) is 11.8 Å². The lowest BCUT2D eigenvalue weighted by molar-refractivity contribution is 0.181. The quantitative estimate of drug-likeness (QED) is 0.849. The third-order valence-electron chi connectivity index (χ3n) is 5.11. The van der Waals surface area contributed by atoms with E-state index in [4.69, 9.17) is 4.74 Å². The van der Waals surface area contributed by atoms with Crippen LogP contribution in [-0.2, 0) is 4.74 Å². The molecule has 0 saturated carbocycles. The summed E-state index contributed by atoms with van der Waals surface area (Å²) in [5.74, 6) is 1.15. The molecule has 0 unspecified atom stereocenters. The number of carbonyl (C=O) groups is 2. The number of allylic oxidation sites excluding steroid dienone is 2. The zero-order valence-corrected chi connectivity index (χ0v) is 13.5. The van der Waals surface area contributed by atoms with Gasteiger partial charge in [-0.05, 0) is 36.8 Å². The average molecular weight is 327 g/mol. The van der Waals surface area contributed by atoms with Gasteiger partial charge in [0.1, 0.15) is 6.61 Å². The van der Waals surface area contributed by atoms with Gasteiger partial charge in [0.15, 0.2) is 0 Å². The van der Waals surface area contributed by atoms with Crippen molar-refractivity contribution in [1.82, 2.24) is 4.90 Å². The summed E-state index contributed by atoms with van der Waals surface area (Å²) in [5, 5.41) is 2.98. The summed E-state index contributed by atoms with van der Waals surface area (Å²) >= 11 is 0. The fourth-order valence-corrected chi connectivity index (χ4v) is 3.80. The highest BCUT2D eigenvalue weighted by Gasteiger charge is 2.35. The van der Waals surface area contributed by atoms with Crippen LogP contribution in [0.5, 0.6) is 0 Å². The minimum atomic E-state index is -0.366. The minimum absolute atomic E-state index is 0.0931. The highest BCUT2D eigenvalue weighted by Crippen LogP contribution is 2.34. The molecular weight excluding hydrogens is 306 g/mol. The number of nitrogens with one attached hydrogen (secondary N) is 1. The summed E-state index contributed by atoms with van der Waals surface area (Å²) in [4.78, 5) is 27.9. The van der Waals surface area contributed by atoms with E-state index >= 15 is 0 Å². The Morgan fingerprint density at radius 1 is 1.12 bits per heavy atom. The van der Waals surface area contributed by atoms with Gasteiger partial charge in [0, 0.05) is 13.1 Å². The van der Waals surface area contributed by atoms with Gasteiger partial charge in [0.05, 0.1) is 17.9 Å². The molecule has 3 aliphatic rings. The second-order valence-corrected chi connectivity index (χ2v) is 6.58. The van der Waals surface area contributed by atoms with Crippen LogP contribution in [0.3, 0.4) is 0 Å². The van der Waals surface area contributed by atoms with Crippen LogP contribution in [0.1, 0.15) is 12.8 Å². The predicted octanol–water partition coefficient (Wildman–Crippen LogP) is 3.07. The van der Waals surface area contributed by atoms with E-state index in [1.807, 2.05) is 29.2 Å². The molecular formula is C18H21N3O3. The Balaban J connectivity index is 1.48. The molecule has 0 aromatic heterocycles. The monoisotopic (exact) mass is 327 g/mol. The van der Waals surface area contributed by atoms with Gasteiger partial charge in [-0.1, -0.05) is 24.3 Å². The average Bonchev–Trinajstić information content (AvgIpc) is 3.21. The minimum Gasteiger partial charge on any atom is -0.447 e. The molecule has 2 fully saturated rings. The Kier molecular flexibility index (Phi) is 3.88. The van der Waals surface area contributed by atoms with Crippen LogP contribution < -0.4 is 10.2 Å². The number of benzene rings is 1. The molecule has 24 heavy (non-hydrogen) atoms. The molecule has 6 nitrogen and oxygen atoms in total. The molecule has 1 aromatic carbocycles. The van der Waals surface area contributed by atoms with Crippen LogP contribution in [0.15, 0.2) is 36.4 Å². The lowest BCUT2D eigenvalue weighted by Gasteiger charge is -2.21. The lowest BCUT2D eigenvalue weighted by atomic mass is 9.86. The maximum Gasteiger partial charge on any atom is 0.414 e. The Morgan fingerprint density at radius 2 is 1.83 bits per heavy atom. The number of cyclic esters (lactones) is 1. The Labute approximate surface area is 141 Å². The number of nitrogens with zero attached hydrogens (tertiary/aromatic N) is 2. The smallest absolute Gasteiger partial charge is 0.414 e. The van der Waals surface area contributed by atoms with Crippen molar-refractivity contribution in [3.63, 3.8) is 0 Å². The van der Waals surface area contributed by atoms with Gasteiger partial charge in [-0.15, -0.1) is 0 Å². The molecule has 2 atom stereocenters. The van der Waals surface area contributed by atoms with E-state index in [0.717, 1.165) is 25.9 Å². The van der Waals surface area contributed by atoms with E-state index in [0.29, 0.717) is 36.4 Å². The molecule has 0 radical (unpaired) electrons. The highest BCUT2D eigenvalue weighted by molar-refractivity contribution is 5.99. The first-order chi connectivity index (χ1) is 11.7. The summed E-state index contributed by atoms with van der Waals surface area (Å²) in [7, 11) is 0. The number of urea groups is 1. The molecule has 0 bridgehead atoms. The van der Waals surface area contributed by atoms with Gasteiger partial charge in [0.25, 0.3) is 0 Å². The normalized spacial score (nSPS) is 25.6. The Bertz CT molecular complexity index is 672. The van der Waals surface area contributed by atoms with Crippen LogP contribution in [0, 0.1) is 11.8 Å². The Morgan fingerprint density at radius 3 is 2.50 bits per heavy atom. The van der Waals surface area contributed by atoms with Crippen molar-refractivity contribution in [2.75, 3.05) is 36.5 Å². The van der Waals surface area contributed by atoms with E-state index in [2.05, 4.69) is 17.5 Å². The third-order valence-corrected chi connectivity index (χ3v) is 5.11. The molecule has 2 aliphatic heterocycles. The number of anilines is 2. The number of amides is 3. The van der Waals surface area contributed by atoms with Gasteiger partial charge >= 0.3 is 12.1 Å². The number of ether oxygens (including phenoxy) is 1.